The number of rotatable bonds is 2. The van der Waals surface area contributed by atoms with Crippen molar-refractivity contribution in [3.05, 3.63) is 29.1 Å². The van der Waals surface area contributed by atoms with E-state index in [4.69, 9.17) is 4.74 Å². The van der Waals surface area contributed by atoms with Gasteiger partial charge in [-0.15, -0.1) is 0 Å². The highest BCUT2D eigenvalue weighted by Gasteiger charge is 2.19. The molecule has 0 aliphatic heterocycles. The normalized spacial score (nSPS) is 9.93. The Morgan fingerprint density at radius 3 is 2.47 bits per heavy atom. The van der Waals surface area contributed by atoms with Crippen molar-refractivity contribution in [1.82, 2.24) is 4.90 Å². The van der Waals surface area contributed by atoms with Crippen molar-refractivity contribution in [3.8, 4) is 5.75 Å². The first kappa shape index (κ1) is 11.5. The van der Waals surface area contributed by atoms with Gasteiger partial charge in [-0.1, -0.05) is 6.07 Å². The van der Waals surface area contributed by atoms with Crippen LogP contribution in [0.4, 0.5) is 4.39 Å². The fraction of sp³-hybridized carbons (Fsp3) is 0.364. The van der Waals surface area contributed by atoms with E-state index in [0.29, 0.717) is 5.56 Å². The summed E-state index contributed by atoms with van der Waals surface area (Å²) in [7, 11) is 4.54. The Labute approximate surface area is 88.5 Å². The molecule has 0 aromatic heterocycles. The fourth-order valence-corrected chi connectivity index (χ4v) is 1.30. The number of amides is 1. The third kappa shape index (κ3) is 2.09. The van der Waals surface area contributed by atoms with Crippen LogP contribution in [0.15, 0.2) is 12.1 Å². The number of ether oxygens (including phenoxy) is 1. The minimum absolute atomic E-state index is 0.0688. The van der Waals surface area contributed by atoms with Crippen LogP contribution >= 0.6 is 0 Å². The average Bonchev–Trinajstić information content (AvgIpc) is 2.17. The van der Waals surface area contributed by atoms with E-state index in [1.165, 1.54) is 18.1 Å². The van der Waals surface area contributed by atoms with Crippen LogP contribution in [0.5, 0.6) is 5.75 Å². The topological polar surface area (TPSA) is 29.5 Å². The van der Waals surface area contributed by atoms with Crippen molar-refractivity contribution < 1.29 is 13.9 Å². The predicted octanol–water partition coefficient (Wildman–Crippen LogP) is 1.84. The molecule has 0 radical (unpaired) electrons. The summed E-state index contributed by atoms with van der Waals surface area (Å²) in [6, 6.07) is 3.18. The van der Waals surface area contributed by atoms with Gasteiger partial charge in [-0.05, 0) is 18.6 Å². The van der Waals surface area contributed by atoms with E-state index < -0.39 is 5.82 Å². The van der Waals surface area contributed by atoms with Gasteiger partial charge in [0, 0.05) is 14.1 Å². The Morgan fingerprint density at radius 2 is 2.00 bits per heavy atom. The fourth-order valence-electron chi connectivity index (χ4n) is 1.30. The van der Waals surface area contributed by atoms with Gasteiger partial charge in [0.1, 0.15) is 0 Å². The van der Waals surface area contributed by atoms with Gasteiger partial charge in [-0.25, -0.2) is 4.39 Å². The molecular formula is C11H14FNO2. The lowest BCUT2D eigenvalue weighted by Crippen LogP contribution is -2.24. The molecule has 82 valence electrons. The van der Waals surface area contributed by atoms with E-state index in [0.717, 1.165) is 0 Å². The Bertz CT molecular complexity index is 388. The van der Waals surface area contributed by atoms with Gasteiger partial charge in [-0.3, -0.25) is 4.79 Å². The predicted molar refractivity (Wildman–Crippen MR) is 55.7 cm³/mol. The summed E-state index contributed by atoms with van der Waals surface area (Å²) in [5, 5.41) is 0. The molecule has 0 N–H and O–H groups in total. The Kier molecular flexibility index (Phi) is 3.29. The molecule has 15 heavy (non-hydrogen) atoms. The second-order valence-electron chi connectivity index (χ2n) is 3.47. The quantitative estimate of drug-likeness (QED) is 0.747. The van der Waals surface area contributed by atoms with Crippen molar-refractivity contribution in [1.29, 1.82) is 0 Å². The van der Waals surface area contributed by atoms with Gasteiger partial charge in [-0.2, -0.15) is 0 Å². The molecule has 0 unspecified atom stereocenters. The summed E-state index contributed by atoms with van der Waals surface area (Å²) in [5.41, 5.74) is 0.673. The molecule has 0 saturated carbocycles. The number of hydrogen-bond donors (Lipinski definition) is 0. The molecule has 0 aliphatic carbocycles. The number of nitrogens with zero attached hydrogens (tertiary/aromatic N) is 1. The molecule has 1 rings (SSSR count). The summed E-state index contributed by atoms with van der Waals surface area (Å²) in [6.45, 7) is 1.69. The molecule has 1 amide bonds. The van der Waals surface area contributed by atoms with Gasteiger partial charge < -0.3 is 9.64 Å². The lowest BCUT2D eigenvalue weighted by atomic mass is 10.1. The lowest BCUT2D eigenvalue weighted by molar-refractivity contribution is 0.0821. The highest BCUT2D eigenvalue weighted by molar-refractivity contribution is 5.96. The molecule has 0 heterocycles. The monoisotopic (exact) mass is 211 g/mol. The van der Waals surface area contributed by atoms with Crippen LogP contribution in [0.25, 0.3) is 0 Å². The zero-order valence-corrected chi connectivity index (χ0v) is 9.30. The molecule has 0 fully saturated rings. The van der Waals surface area contributed by atoms with Gasteiger partial charge in [0.25, 0.3) is 5.91 Å². The molecule has 3 nitrogen and oxygen atoms in total. The molecule has 1 aromatic carbocycles. The number of carbonyl (C=O) groups is 1. The summed E-state index contributed by atoms with van der Waals surface area (Å²) in [6.07, 6.45) is 0. The Hall–Kier alpha value is -1.58. The molecule has 0 bridgehead atoms. The largest absolute Gasteiger partial charge is 0.494 e. The molecule has 0 spiro atoms. The summed E-state index contributed by atoms with van der Waals surface area (Å²) >= 11 is 0. The summed E-state index contributed by atoms with van der Waals surface area (Å²) in [4.78, 5) is 13.0. The first-order valence-electron chi connectivity index (χ1n) is 4.53. The maximum Gasteiger partial charge on any atom is 0.256 e. The second kappa shape index (κ2) is 4.29. The van der Waals surface area contributed by atoms with E-state index in [2.05, 4.69) is 0 Å². The lowest BCUT2D eigenvalue weighted by Gasteiger charge is -2.14. The molecule has 0 saturated heterocycles. The minimum Gasteiger partial charge on any atom is -0.494 e. The standard InChI is InChI=1S/C11H14FNO2/c1-7-5-6-8(15-4)10(12)9(7)11(14)13(2)3/h5-6H,1-4H3. The SMILES string of the molecule is COc1ccc(C)c(C(=O)N(C)C)c1F. The van der Waals surface area contributed by atoms with Crippen molar-refractivity contribution in [3.63, 3.8) is 0 Å². The van der Waals surface area contributed by atoms with Gasteiger partial charge in [0.2, 0.25) is 0 Å². The maximum absolute atomic E-state index is 13.8. The molecule has 0 aliphatic rings. The van der Waals surface area contributed by atoms with Crippen LogP contribution in [0.1, 0.15) is 15.9 Å². The van der Waals surface area contributed by atoms with Crippen LogP contribution in [0.2, 0.25) is 0 Å². The number of hydrogen-bond acceptors (Lipinski definition) is 2. The molecule has 1 aromatic rings. The third-order valence-corrected chi connectivity index (χ3v) is 2.15. The summed E-state index contributed by atoms with van der Waals surface area (Å²) in [5.74, 6) is -0.870. The zero-order chi connectivity index (χ0) is 11.6. The third-order valence-electron chi connectivity index (χ3n) is 2.15. The summed E-state index contributed by atoms with van der Waals surface area (Å²) < 4.78 is 18.6. The molecule has 0 atom stereocenters. The van der Waals surface area contributed by atoms with Crippen LogP contribution < -0.4 is 4.74 Å². The van der Waals surface area contributed by atoms with Crippen LogP contribution in [-0.2, 0) is 0 Å². The van der Waals surface area contributed by atoms with Gasteiger partial charge in [0.05, 0.1) is 12.7 Å². The van der Waals surface area contributed by atoms with Crippen LogP contribution in [0.3, 0.4) is 0 Å². The minimum atomic E-state index is -0.601. The van der Waals surface area contributed by atoms with E-state index in [1.54, 1.807) is 27.1 Å². The van der Waals surface area contributed by atoms with Gasteiger partial charge in [0.15, 0.2) is 11.6 Å². The number of benzene rings is 1. The smallest absolute Gasteiger partial charge is 0.256 e. The molecular weight excluding hydrogens is 197 g/mol. The number of aryl methyl sites for hydroxylation is 1. The van der Waals surface area contributed by atoms with Crippen LogP contribution in [0, 0.1) is 12.7 Å². The van der Waals surface area contributed by atoms with Crippen molar-refractivity contribution >= 4 is 5.91 Å². The first-order chi connectivity index (χ1) is 6.99. The van der Waals surface area contributed by atoms with E-state index in [9.17, 15) is 9.18 Å². The van der Waals surface area contributed by atoms with Crippen molar-refractivity contribution in [2.24, 2.45) is 0 Å². The highest BCUT2D eigenvalue weighted by Crippen LogP contribution is 2.24. The Morgan fingerprint density at radius 1 is 1.40 bits per heavy atom. The number of carbonyl (C=O) groups excluding carboxylic acids is 1. The zero-order valence-electron chi connectivity index (χ0n) is 9.30. The highest BCUT2D eigenvalue weighted by atomic mass is 19.1. The second-order valence-corrected chi connectivity index (χ2v) is 3.47. The maximum atomic E-state index is 13.8. The van der Waals surface area contributed by atoms with Crippen molar-refractivity contribution in [2.75, 3.05) is 21.2 Å². The Balaban J connectivity index is 3.33. The average molecular weight is 211 g/mol. The first-order valence-corrected chi connectivity index (χ1v) is 4.53. The van der Waals surface area contributed by atoms with Gasteiger partial charge >= 0.3 is 0 Å². The van der Waals surface area contributed by atoms with E-state index in [1.807, 2.05) is 0 Å². The molecule has 4 heteroatoms. The van der Waals surface area contributed by atoms with Crippen molar-refractivity contribution in [2.45, 2.75) is 6.92 Å². The number of methoxy groups -OCH3 is 1. The van der Waals surface area contributed by atoms with E-state index >= 15 is 0 Å². The van der Waals surface area contributed by atoms with E-state index in [-0.39, 0.29) is 17.2 Å². The number of halogens is 1. The van der Waals surface area contributed by atoms with Crippen LogP contribution in [-0.4, -0.2) is 32.0 Å².